The Bertz CT molecular complexity index is 216. The fourth-order valence-electron chi connectivity index (χ4n) is 1.67. The maximum absolute atomic E-state index is 10.7. The number of aliphatic carboxylic acids is 2. The van der Waals surface area contributed by atoms with Gasteiger partial charge >= 0.3 is 11.9 Å². The van der Waals surface area contributed by atoms with Gasteiger partial charge in [0.25, 0.3) is 0 Å². The van der Waals surface area contributed by atoms with E-state index in [1.54, 1.807) is 0 Å². The third kappa shape index (κ3) is 2.69. The first kappa shape index (κ1) is 9.98. The summed E-state index contributed by atoms with van der Waals surface area (Å²) in [7, 11) is 0. The summed E-state index contributed by atoms with van der Waals surface area (Å²) in [6.07, 6.45) is 0.585. The summed E-state index contributed by atoms with van der Waals surface area (Å²) in [5.74, 6) is -2.60. The van der Waals surface area contributed by atoms with Crippen molar-refractivity contribution in [3.8, 4) is 0 Å². The first-order valence-corrected chi connectivity index (χ1v) is 4.26. The Labute approximate surface area is 75.7 Å². The minimum absolute atomic E-state index is 0.0430. The van der Waals surface area contributed by atoms with E-state index in [2.05, 4.69) is 5.32 Å². The third-order valence-corrected chi connectivity index (χ3v) is 2.38. The van der Waals surface area contributed by atoms with E-state index in [9.17, 15) is 9.59 Å². The maximum atomic E-state index is 10.7. The van der Waals surface area contributed by atoms with Crippen LogP contribution in [0.4, 0.5) is 0 Å². The molecule has 13 heavy (non-hydrogen) atoms. The summed E-state index contributed by atoms with van der Waals surface area (Å²) in [6.45, 7) is 1.09. The van der Waals surface area contributed by atoms with E-state index in [1.165, 1.54) is 0 Å². The van der Waals surface area contributed by atoms with Crippen molar-refractivity contribution in [2.24, 2.45) is 11.8 Å². The van der Waals surface area contributed by atoms with E-state index in [0.29, 0.717) is 19.5 Å². The molecule has 1 heterocycles. The Morgan fingerprint density at radius 2 is 2.08 bits per heavy atom. The lowest BCUT2D eigenvalue weighted by atomic mass is 9.84. The second-order valence-corrected chi connectivity index (χ2v) is 3.30. The van der Waals surface area contributed by atoms with Crippen LogP contribution in [0, 0.1) is 11.8 Å². The molecule has 0 aromatic carbocycles. The van der Waals surface area contributed by atoms with Gasteiger partial charge in [-0.25, -0.2) is 0 Å². The molecule has 0 saturated carbocycles. The topological polar surface area (TPSA) is 86.6 Å². The number of carbonyl (C=O) groups is 2. The van der Waals surface area contributed by atoms with Crippen molar-refractivity contribution in [2.75, 3.05) is 13.1 Å². The minimum atomic E-state index is -0.918. The molecule has 0 bridgehead atoms. The summed E-state index contributed by atoms with van der Waals surface area (Å²) < 4.78 is 0. The van der Waals surface area contributed by atoms with Gasteiger partial charge in [-0.15, -0.1) is 0 Å². The molecule has 0 radical (unpaired) electrons. The molecule has 0 aromatic heterocycles. The molecule has 74 valence electrons. The van der Waals surface area contributed by atoms with Crippen LogP contribution >= 0.6 is 0 Å². The highest BCUT2D eigenvalue weighted by Gasteiger charge is 2.31. The Morgan fingerprint density at radius 1 is 1.38 bits per heavy atom. The fraction of sp³-hybridized carbons (Fsp3) is 0.750. The summed E-state index contributed by atoms with van der Waals surface area (Å²) in [6, 6.07) is 0. The van der Waals surface area contributed by atoms with E-state index in [0.717, 1.165) is 0 Å². The highest BCUT2D eigenvalue weighted by molar-refractivity contribution is 5.73. The molecular weight excluding hydrogens is 174 g/mol. The molecule has 0 amide bonds. The Morgan fingerprint density at radius 3 is 2.62 bits per heavy atom. The SMILES string of the molecule is O=C(O)C[C@@H]1CCNC[C@@H]1C(=O)O. The Balaban J connectivity index is 2.56. The quantitative estimate of drug-likeness (QED) is 0.568. The van der Waals surface area contributed by atoms with E-state index in [-0.39, 0.29) is 12.3 Å². The molecule has 0 aromatic rings. The van der Waals surface area contributed by atoms with Crippen LogP contribution in [0.25, 0.3) is 0 Å². The zero-order valence-corrected chi connectivity index (χ0v) is 7.19. The van der Waals surface area contributed by atoms with Gasteiger partial charge in [-0.1, -0.05) is 0 Å². The molecule has 1 aliphatic rings. The number of hydrogen-bond acceptors (Lipinski definition) is 3. The third-order valence-electron chi connectivity index (χ3n) is 2.38. The van der Waals surface area contributed by atoms with Crippen molar-refractivity contribution in [2.45, 2.75) is 12.8 Å². The van der Waals surface area contributed by atoms with E-state index in [4.69, 9.17) is 10.2 Å². The summed E-state index contributed by atoms with van der Waals surface area (Å²) >= 11 is 0. The molecule has 0 aliphatic carbocycles. The van der Waals surface area contributed by atoms with Crippen molar-refractivity contribution < 1.29 is 19.8 Å². The van der Waals surface area contributed by atoms with E-state index < -0.39 is 17.9 Å². The minimum Gasteiger partial charge on any atom is -0.481 e. The van der Waals surface area contributed by atoms with Gasteiger partial charge in [0, 0.05) is 13.0 Å². The number of carboxylic acid groups (broad SMARTS) is 2. The number of carboxylic acids is 2. The molecule has 0 spiro atoms. The van der Waals surface area contributed by atoms with Crippen molar-refractivity contribution in [1.29, 1.82) is 0 Å². The molecule has 3 N–H and O–H groups in total. The van der Waals surface area contributed by atoms with Gasteiger partial charge in [-0.3, -0.25) is 9.59 Å². The molecule has 5 heteroatoms. The number of rotatable bonds is 3. The summed E-state index contributed by atoms with van der Waals surface area (Å²) in [5.41, 5.74) is 0. The fourth-order valence-corrected chi connectivity index (χ4v) is 1.67. The van der Waals surface area contributed by atoms with Crippen molar-refractivity contribution in [3.05, 3.63) is 0 Å². The number of hydrogen-bond donors (Lipinski definition) is 3. The van der Waals surface area contributed by atoms with Gasteiger partial charge < -0.3 is 15.5 Å². The van der Waals surface area contributed by atoms with Crippen LogP contribution in [0.5, 0.6) is 0 Å². The van der Waals surface area contributed by atoms with Crippen molar-refractivity contribution >= 4 is 11.9 Å². The van der Waals surface area contributed by atoms with Gasteiger partial charge in [0.2, 0.25) is 0 Å². The lowest BCUT2D eigenvalue weighted by molar-refractivity contribution is -0.146. The molecule has 0 unspecified atom stereocenters. The average Bonchev–Trinajstić information content (AvgIpc) is 2.03. The second-order valence-electron chi connectivity index (χ2n) is 3.30. The highest BCUT2D eigenvalue weighted by atomic mass is 16.4. The lowest BCUT2D eigenvalue weighted by Gasteiger charge is -2.27. The van der Waals surface area contributed by atoms with Crippen molar-refractivity contribution in [3.63, 3.8) is 0 Å². The normalized spacial score (nSPS) is 28.3. The monoisotopic (exact) mass is 187 g/mol. The predicted octanol–water partition coefficient (Wildman–Crippen LogP) is -0.229. The standard InChI is InChI=1S/C8H13NO4/c10-7(11)3-5-1-2-9-4-6(5)8(12)13/h5-6,9H,1-4H2,(H,10,11)(H,12,13)/t5-,6-/m0/s1. The van der Waals surface area contributed by atoms with Crippen LogP contribution in [-0.2, 0) is 9.59 Å². The van der Waals surface area contributed by atoms with Crippen LogP contribution in [0.3, 0.4) is 0 Å². The molecule has 5 nitrogen and oxygen atoms in total. The molecule has 1 aliphatic heterocycles. The first-order valence-electron chi connectivity index (χ1n) is 4.26. The Hall–Kier alpha value is -1.10. The molecule has 1 fully saturated rings. The van der Waals surface area contributed by atoms with Gasteiger partial charge in [0.05, 0.1) is 5.92 Å². The lowest BCUT2D eigenvalue weighted by Crippen LogP contribution is -2.41. The van der Waals surface area contributed by atoms with Crippen LogP contribution in [0.2, 0.25) is 0 Å². The van der Waals surface area contributed by atoms with Gasteiger partial charge in [0.1, 0.15) is 0 Å². The number of nitrogens with one attached hydrogen (secondary N) is 1. The Kier molecular flexibility index (Phi) is 3.25. The summed E-state index contributed by atoms with van der Waals surface area (Å²) in [5, 5.41) is 20.3. The second kappa shape index (κ2) is 4.23. The van der Waals surface area contributed by atoms with Gasteiger partial charge in [-0.2, -0.15) is 0 Å². The highest BCUT2D eigenvalue weighted by Crippen LogP contribution is 2.22. The van der Waals surface area contributed by atoms with Gasteiger partial charge in [0.15, 0.2) is 0 Å². The smallest absolute Gasteiger partial charge is 0.308 e. The van der Waals surface area contributed by atoms with Crippen molar-refractivity contribution in [1.82, 2.24) is 5.32 Å². The van der Waals surface area contributed by atoms with Crippen LogP contribution in [-0.4, -0.2) is 35.2 Å². The number of piperidine rings is 1. The maximum Gasteiger partial charge on any atom is 0.308 e. The van der Waals surface area contributed by atoms with E-state index in [1.807, 2.05) is 0 Å². The zero-order valence-electron chi connectivity index (χ0n) is 7.19. The van der Waals surface area contributed by atoms with Crippen LogP contribution in [0.15, 0.2) is 0 Å². The van der Waals surface area contributed by atoms with Crippen LogP contribution < -0.4 is 5.32 Å². The molecule has 1 rings (SSSR count). The average molecular weight is 187 g/mol. The molecule has 2 atom stereocenters. The van der Waals surface area contributed by atoms with E-state index >= 15 is 0 Å². The predicted molar refractivity (Wildman–Crippen MR) is 44.4 cm³/mol. The largest absolute Gasteiger partial charge is 0.481 e. The molecule has 1 saturated heterocycles. The first-order chi connectivity index (χ1) is 6.11. The molecular formula is C8H13NO4. The zero-order chi connectivity index (χ0) is 9.84. The summed E-state index contributed by atoms with van der Waals surface area (Å²) in [4.78, 5) is 21.1. The van der Waals surface area contributed by atoms with Crippen LogP contribution in [0.1, 0.15) is 12.8 Å². The van der Waals surface area contributed by atoms with Gasteiger partial charge in [-0.05, 0) is 18.9 Å².